The van der Waals surface area contributed by atoms with Gasteiger partial charge in [0.25, 0.3) is 0 Å². The van der Waals surface area contributed by atoms with Crippen molar-refractivity contribution in [1.82, 2.24) is 15.0 Å². The van der Waals surface area contributed by atoms with Crippen LogP contribution in [0.5, 0.6) is 0 Å². The van der Waals surface area contributed by atoms with Gasteiger partial charge in [-0.2, -0.15) is 0 Å². The zero-order valence-electron chi connectivity index (χ0n) is 10.2. The highest BCUT2D eigenvalue weighted by molar-refractivity contribution is 7.89. The molecule has 2 aromatic heterocycles. The molecular formula is C12H12ClN3O2S. The van der Waals surface area contributed by atoms with Crippen molar-refractivity contribution >= 4 is 21.4 Å². The molecule has 2 rings (SSSR count). The molecular weight excluding hydrogens is 286 g/mol. The molecule has 0 bridgehead atoms. The van der Waals surface area contributed by atoms with Crippen LogP contribution in [-0.4, -0.2) is 23.4 Å². The van der Waals surface area contributed by atoms with Gasteiger partial charge in [0.15, 0.2) is 9.84 Å². The molecule has 100 valence electrons. The van der Waals surface area contributed by atoms with Gasteiger partial charge < -0.3 is 0 Å². The first-order valence-corrected chi connectivity index (χ1v) is 7.74. The van der Waals surface area contributed by atoms with Gasteiger partial charge in [0, 0.05) is 18.1 Å². The lowest BCUT2D eigenvalue weighted by Crippen LogP contribution is -2.11. The van der Waals surface area contributed by atoms with E-state index in [-0.39, 0.29) is 17.3 Å². The number of rotatable bonds is 4. The van der Waals surface area contributed by atoms with E-state index < -0.39 is 9.84 Å². The van der Waals surface area contributed by atoms with E-state index in [0.29, 0.717) is 10.7 Å². The van der Waals surface area contributed by atoms with E-state index in [1.165, 1.54) is 6.20 Å². The topological polar surface area (TPSA) is 72.8 Å². The van der Waals surface area contributed by atoms with Crippen LogP contribution < -0.4 is 0 Å². The maximum atomic E-state index is 12.1. The third-order valence-corrected chi connectivity index (χ3v) is 4.14. The molecule has 5 nitrogen and oxygen atoms in total. The highest BCUT2D eigenvalue weighted by Gasteiger charge is 2.17. The summed E-state index contributed by atoms with van der Waals surface area (Å²) in [5.41, 5.74) is 1.08. The molecule has 0 aliphatic carbocycles. The summed E-state index contributed by atoms with van der Waals surface area (Å²) in [6.07, 6.45) is 3.06. The molecule has 0 radical (unpaired) electrons. The Balaban J connectivity index is 2.18. The van der Waals surface area contributed by atoms with Gasteiger partial charge >= 0.3 is 0 Å². The summed E-state index contributed by atoms with van der Waals surface area (Å²) in [4.78, 5) is 12.0. The third kappa shape index (κ3) is 3.97. The van der Waals surface area contributed by atoms with Crippen molar-refractivity contribution in [2.24, 2.45) is 0 Å². The molecule has 0 N–H and O–H groups in total. The molecule has 7 heteroatoms. The Bertz CT molecular complexity index is 689. The molecule has 0 aromatic carbocycles. The van der Waals surface area contributed by atoms with Crippen LogP contribution in [-0.2, 0) is 21.3 Å². The quantitative estimate of drug-likeness (QED) is 0.862. The van der Waals surface area contributed by atoms with E-state index in [1.54, 1.807) is 31.3 Å². The zero-order chi connectivity index (χ0) is 13.9. The van der Waals surface area contributed by atoms with Crippen LogP contribution >= 0.6 is 11.6 Å². The molecule has 0 unspecified atom stereocenters. The van der Waals surface area contributed by atoms with Crippen LogP contribution in [0.3, 0.4) is 0 Å². The summed E-state index contributed by atoms with van der Waals surface area (Å²) in [7, 11) is -3.40. The molecule has 0 fully saturated rings. The lowest BCUT2D eigenvalue weighted by molar-refractivity contribution is 0.592. The number of hydrogen-bond acceptors (Lipinski definition) is 5. The van der Waals surface area contributed by atoms with Gasteiger partial charge in [0.2, 0.25) is 0 Å². The Labute approximate surface area is 116 Å². The van der Waals surface area contributed by atoms with E-state index in [9.17, 15) is 8.42 Å². The second-order valence-corrected chi connectivity index (χ2v) is 6.55. The second-order valence-electron chi connectivity index (χ2n) is 4.08. The molecule has 0 atom stereocenters. The minimum atomic E-state index is -3.40. The smallest absolute Gasteiger partial charge is 0.163 e. The third-order valence-electron chi connectivity index (χ3n) is 2.39. The SMILES string of the molecule is Cc1ccnc(CS(=O)(=O)Cc2ncccc2Cl)n1. The summed E-state index contributed by atoms with van der Waals surface area (Å²) >= 11 is 5.90. The highest BCUT2D eigenvalue weighted by Crippen LogP contribution is 2.16. The summed E-state index contributed by atoms with van der Waals surface area (Å²) in [6, 6.07) is 4.98. The average molecular weight is 298 g/mol. The van der Waals surface area contributed by atoms with Crippen LogP contribution in [0, 0.1) is 6.92 Å². The summed E-state index contributed by atoms with van der Waals surface area (Å²) in [6.45, 7) is 1.79. The van der Waals surface area contributed by atoms with Crippen LogP contribution in [0.15, 0.2) is 30.6 Å². The van der Waals surface area contributed by atoms with Crippen molar-refractivity contribution in [1.29, 1.82) is 0 Å². The van der Waals surface area contributed by atoms with Crippen LogP contribution in [0.25, 0.3) is 0 Å². The summed E-state index contributed by atoms with van der Waals surface area (Å²) < 4.78 is 24.1. The lowest BCUT2D eigenvalue weighted by Gasteiger charge is -2.05. The Morgan fingerprint density at radius 1 is 1.16 bits per heavy atom. The van der Waals surface area contributed by atoms with Crippen LogP contribution in [0.1, 0.15) is 17.2 Å². The van der Waals surface area contributed by atoms with E-state index in [1.807, 2.05) is 0 Å². The molecule has 0 spiro atoms. The van der Waals surface area contributed by atoms with Crippen molar-refractivity contribution in [2.75, 3.05) is 0 Å². The van der Waals surface area contributed by atoms with Crippen molar-refractivity contribution in [2.45, 2.75) is 18.4 Å². The molecule has 0 aliphatic rings. The normalized spacial score (nSPS) is 11.5. The largest absolute Gasteiger partial charge is 0.259 e. The number of hydrogen-bond donors (Lipinski definition) is 0. The maximum Gasteiger partial charge on any atom is 0.163 e. The number of nitrogens with zero attached hydrogens (tertiary/aromatic N) is 3. The molecule has 0 saturated heterocycles. The van der Waals surface area contributed by atoms with Gasteiger partial charge in [0.1, 0.15) is 11.6 Å². The Morgan fingerprint density at radius 2 is 1.95 bits per heavy atom. The minimum Gasteiger partial charge on any atom is -0.259 e. The van der Waals surface area contributed by atoms with Gasteiger partial charge in [0.05, 0.1) is 16.5 Å². The predicted molar refractivity (Wildman–Crippen MR) is 72.3 cm³/mol. The van der Waals surface area contributed by atoms with Gasteiger partial charge in [-0.15, -0.1) is 0 Å². The molecule has 0 amide bonds. The predicted octanol–water partition coefficient (Wildman–Crippen LogP) is 1.95. The standard InChI is InChI=1S/C12H12ClN3O2S/c1-9-4-6-15-12(16-9)8-19(17,18)7-11-10(13)3-2-5-14-11/h2-6H,7-8H2,1H3. The van der Waals surface area contributed by atoms with E-state index in [0.717, 1.165) is 5.69 Å². The van der Waals surface area contributed by atoms with E-state index >= 15 is 0 Å². The summed E-state index contributed by atoms with van der Waals surface area (Å²) in [5, 5.41) is 0.344. The minimum absolute atomic E-state index is 0.218. The van der Waals surface area contributed by atoms with Gasteiger partial charge in [-0.25, -0.2) is 18.4 Å². The van der Waals surface area contributed by atoms with Crippen LogP contribution in [0.4, 0.5) is 0 Å². The molecule has 19 heavy (non-hydrogen) atoms. The van der Waals surface area contributed by atoms with Gasteiger partial charge in [-0.3, -0.25) is 4.98 Å². The fourth-order valence-corrected chi connectivity index (χ4v) is 3.10. The lowest BCUT2D eigenvalue weighted by atomic mass is 10.4. The Morgan fingerprint density at radius 3 is 2.63 bits per heavy atom. The van der Waals surface area contributed by atoms with Crippen molar-refractivity contribution in [3.8, 4) is 0 Å². The fraction of sp³-hybridized carbons (Fsp3) is 0.250. The average Bonchev–Trinajstić information content (AvgIpc) is 2.31. The van der Waals surface area contributed by atoms with E-state index in [4.69, 9.17) is 11.6 Å². The zero-order valence-corrected chi connectivity index (χ0v) is 11.8. The van der Waals surface area contributed by atoms with Gasteiger partial charge in [-0.05, 0) is 25.1 Å². The van der Waals surface area contributed by atoms with Crippen molar-refractivity contribution in [3.63, 3.8) is 0 Å². The highest BCUT2D eigenvalue weighted by atomic mass is 35.5. The summed E-state index contributed by atoms with van der Waals surface area (Å²) in [5.74, 6) is -0.155. The first kappa shape index (κ1) is 13.9. The first-order valence-electron chi connectivity index (χ1n) is 5.54. The molecule has 0 saturated carbocycles. The Hall–Kier alpha value is -1.53. The number of aryl methyl sites for hydroxylation is 1. The van der Waals surface area contributed by atoms with Crippen molar-refractivity contribution < 1.29 is 8.42 Å². The number of sulfone groups is 1. The Kier molecular flexibility index (Phi) is 4.11. The molecule has 0 aliphatic heterocycles. The number of halogens is 1. The van der Waals surface area contributed by atoms with Crippen LogP contribution in [0.2, 0.25) is 5.02 Å². The second kappa shape index (κ2) is 5.63. The number of pyridine rings is 1. The first-order chi connectivity index (χ1) is 8.96. The monoisotopic (exact) mass is 297 g/mol. The maximum absolute atomic E-state index is 12.1. The number of aromatic nitrogens is 3. The molecule has 2 heterocycles. The van der Waals surface area contributed by atoms with Gasteiger partial charge in [-0.1, -0.05) is 11.6 Å². The van der Waals surface area contributed by atoms with Crippen molar-refractivity contribution in [3.05, 3.63) is 52.8 Å². The molecule has 2 aromatic rings. The van der Waals surface area contributed by atoms with E-state index in [2.05, 4.69) is 15.0 Å². The fourth-order valence-electron chi connectivity index (χ4n) is 1.55.